The second kappa shape index (κ2) is 11.0. The minimum Gasteiger partial charge on any atom is -0.410 e. The Hall–Kier alpha value is -0.333. The van der Waals surface area contributed by atoms with Gasteiger partial charge >= 0.3 is 0 Å². The third-order valence-electron chi connectivity index (χ3n) is 6.49. The Labute approximate surface area is 191 Å². The summed E-state index contributed by atoms with van der Waals surface area (Å²) in [6.07, 6.45) is 11.0. The van der Waals surface area contributed by atoms with Crippen LogP contribution in [0.3, 0.4) is 0 Å². The van der Waals surface area contributed by atoms with Crippen LogP contribution in [0.25, 0.3) is 0 Å². The molecule has 0 aromatic heterocycles. The van der Waals surface area contributed by atoms with Crippen LogP contribution in [0, 0.1) is 11.8 Å². The number of hydrogen-bond acceptors (Lipinski definition) is 4. The van der Waals surface area contributed by atoms with Crippen molar-refractivity contribution in [2.75, 3.05) is 6.26 Å². The van der Waals surface area contributed by atoms with Gasteiger partial charge in [-0.05, 0) is 69.1 Å². The van der Waals surface area contributed by atoms with Crippen LogP contribution in [0.15, 0.2) is 35.3 Å². The lowest BCUT2D eigenvalue weighted by Crippen LogP contribution is -2.48. The number of ether oxygens (including phenoxy) is 2. The van der Waals surface area contributed by atoms with E-state index >= 15 is 0 Å². The maximum Gasteiger partial charge on any atom is 0.192 e. The van der Waals surface area contributed by atoms with Gasteiger partial charge in [-0.25, -0.2) is 0 Å². The zero-order valence-corrected chi connectivity index (χ0v) is 23.2. The van der Waals surface area contributed by atoms with Gasteiger partial charge in [0.2, 0.25) is 0 Å². The molecule has 3 nitrogen and oxygen atoms in total. The van der Waals surface area contributed by atoms with Gasteiger partial charge < -0.3 is 13.9 Å². The molecule has 0 radical (unpaired) electrons. The molecule has 0 spiro atoms. The van der Waals surface area contributed by atoms with Gasteiger partial charge in [0, 0.05) is 11.8 Å². The topological polar surface area (TPSA) is 27.7 Å². The fourth-order valence-electron chi connectivity index (χ4n) is 3.33. The molecule has 1 fully saturated rings. The molecule has 1 aliphatic heterocycles. The summed E-state index contributed by atoms with van der Waals surface area (Å²) in [7, 11) is -1.88. The van der Waals surface area contributed by atoms with Crippen molar-refractivity contribution in [3.8, 4) is 0 Å². The molecule has 30 heavy (non-hydrogen) atoms. The highest BCUT2D eigenvalue weighted by atomic mass is 32.2. The molecule has 174 valence electrons. The summed E-state index contributed by atoms with van der Waals surface area (Å²) in [5, 5.41) is 2.28. The van der Waals surface area contributed by atoms with Crippen LogP contribution in [0.2, 0.25) is 18.1 Å². The molecular weight excluding hydrogens is 408 g/mol. The molecule has 2 unspecified atom stereocenters. The molecule has 0 aromatic rings. The normalized spacial score (nSPS) is 28.3. The van der Waals surface area contributed by atoms with Crippen molar-refractivity contribution < 1.29 is 13.9 Å². The van der Waals surface area contributed by atoms with E-state index in [0.29, 0.717) is 0 Å². The van der Waals surface area contributed by atoms with Crippen LogP contribution >= 0.6 is 11.8 Å². The Bertz CT molecular complexity index is 631. The van der Waals surface area contributed by atoms with Crippen molar-refractivity contribution in [2.45, 2.75) is 105 Å². The number of allylic oxidation sites excluding steroid dienone is 1. The summed E-state index contributed by atoms with van der Waals surface area (Å²) >= 11 is 1.70. The van der Waals surface area contributed by atoms with Gasteiger partial charge in [-0.2, -0.15) is 0 Å². The highest BCUT2D eigenvalue weighted by Gasteiger charge is 2.41. The maximum atomic E-state index is 6.84. The third kappa shape index (κ3) is 7.66. The van der Waals surface area contributed by atoms with E-state index in [1.165, 1.54) is 5.57 Å². The molecule has 0 bridgehead atoms. The molecule has 5 atom stereocenters. The Morgan fingerprint density at radius 3 is 2.13 bits per heavy atom. The van der Waals surface area contributed by atoms with Crippen molar-refractivity contribution in [2.24, 2.45) is 11.8 Å². The van der Waals surface area contributed by atoms with Gasteiger partial charge in [0.1, 0.15) is 0 Å². The van der Waals surface area contributed by atoms with Crippen LogP contribution in [0.4, 0.5) is 0 Å². The zero-order chi connectivity index (χ0) is 23.3. The largest absolute Gasteiger partial charge is 0.410 e. The average Bonchev–Trinajstić information content (AvgIpc) is 2.63. The lowest BCUT2D eigenvalue weighted by Gasteiger charge is -2.43. The molecular formula is C25H46O3SSi. The van der Waals surface area contributed by atoms with E-state index in [-0.39, 0.29) is 35.2 Å². The predicted octanol–water partition coefficient (Wildman–Crippen LogP) is 7.57. The second-order valence-corrected chi connectivity index (χ2v) is 16.1. The molecule has 1 aliphatic rings. The first-order valence-corrected chi connectivity index (χ1v) is 15.4. The first-order chi connectivity index (χ1) is 13.6. The third-order valence-corrected chi connectivity index (χ3v) is 11.4. The maximum absolute atomic E-state index is 6.84. The lowest BCUT2D eigenvalue weighted by atomic mass is 9.92. The van der Waals surface area contributed by atoms with Gasteiger partial charge in [0.15, 0.2) is 14.1 Å². The first-order valence-electron chi connectivity index (χ1n) is 11.2. The Morgan fingerprint density at radius 1 is 1.13 bits per heavy atom. The molecule has 0 saturated carbocycles. The minimum absolute atomic E-state index is 0.00661. The van der Waals surface area contributed by atoms with Gasteiger partial charge in [0.25, 0.3) is 0 Å². The fourth-order valence-corrected chi connectivity index (χ4v) is 5.03. The molecule has 0 amide bonds. The Morgan fingerprint density at radius 2 is 1.67 bits per heavy atom. The van der Waals surface area contributed by atoms with E-state index in [0.717, 1.165) is 0 Å². The van der Waals surface area contributed by atoms with Gasteiger partial charge in [-0.1, -0.05) is 52.8 Å². The van der Waals surface area contributed by atoms with Crippen molar-refractivity contribution in [1.29, 1.82) is 0 Å². The molecule has 1 heterocycles. The average molecular weight is 455 g/mol. The quantitative estimate of drug-likeness (QED) is 0.279. The van der Waals surface area contributed by atoms with E-state index in [4.69, 9.17) is 13.9 Å². The van der Waals surface area contributed by atoms with E-state index in [2.05, 4.69) is 97.5 Å². The molecule has 1 saturated heterocycles. The van der Waals surface area contributed by atoms with Crippen LogP contribution in [-0.2, 0) is 13.9 Å². The second-order valence-electron chi connectivity index (χ2n) is 10.6. The van der Waals surface area contributed by atoms with Crippen molar-refractivity contribution >= 4 is 20.1 Å². The molecule has 0 aliphatic carbocycles. The van der Waals surface area contributed by atoms with E-state index in [1.54, 1.807) is 11.8 Å². The summed E-state index contributed by atoms with van der Waals surface area (Å²) in [4.78, 5) is 0. The van der Waals surface area contributed by atoms with E-state index in [9.17, 15) is 0 Å². The Balaban J connectivity index is 3.06. The van der Waals surface area contributed by atoms with Crippen LogP contribution < -0.4 is 0 Å². The standard InChI is InChI=1S/C25H46O3SSi/c1-13-18(2)23(28-30(11,12)24(5,6)7)19(3)14-15-21-20(4)22(16-17-29-10)27-25(8,9)26-21/h13-17,19-23H,1-12H3/b15-14+,17-16+,18-13+/t19?,20-,21-,22+,23?/m1/s1. The van der Waals surface area contributed by atoms with E-state index in [1.807, 2.05) is 13.8 Å². The number of rotatable bonds is 8. The number of hydrogen-bond donors (Lipinski definition) is 0. The van der Waals surface area contributed by atoms with Crippen LogP contribution in [0.1, 0.15) is 62.3 Å². The molecule has 5 heteroatoms. The van der Waals surface area contributed by atoms with Gasteiger partial charge in [-0.15, -0.1) is 11.8 Å². The van der Waals surface area contributed by atoms with Crippen molar-refractivity contribution in [3.05, 3.63) is 35.3 Å². The van der Waals surface area contributed by atoms with Crippen LogP contribution in [-0.4, -0.2) is 38.7 Å². The highest BCUT2D eigenvalue weighted by molar-refractivity contribution is 8.01. The van der Waals surface area contributed by atoms with Gasteiger partial charge in [0.05, 0.1) is 18.3 Å². The zero-order valence-electron chi connectivity index (χ0n) is 21.4. The van der Waals surface area contributed by atoms with E-state index < -0.39 is 14.1 Å². The number of thioether (sulfide) groups is 1. The first kappa shape index (κ1) is 27.7. The monoisotopic (exact) mass is 454 g/mol. The lowest BCUT2D eigenvalue weighted by molar-refractivity contribution is -0.298. The highest BCUT2D eigenvalue weighted by Crippen LogP contribution is 2.39. The smallest absolute Gasteiger partial charge is 0.192 e. The summed E-state index contributed by atoms with van der Waals surface area (Å²) in [5.74, 6) is -0.0984. The van der Waals surface area contributed by atoms with Crippen molar-refractivity contribution in [1.82, 2.24) is 0 Å². The summed E-state index contributed by atoms with van der Waals surface area (Å²) in [6.45, 7) is 24.3. The fraction of sp³-hybridized carbons (Fsp3) is 0.760. The minimum atomic E-state index is -1.88. The van der Waals surface area contributed by atoms with Gasteiger partial charge in [-0.3, -0.25) is 0 Å². The molecule has 0 aromatic carbocycles. The molecule has 0 N–H and O–H groups in total. The Kier molecular flexibility index (Phi) is 10.2. The summed E-state index contributed by atoms with van der Waals surface area (Å²) < 4.78 is 19.3. The predicted molar refractivity (Wildman–Crippen MR) is 135 cm³/mol. The summed E-state index contributed by atoms with van der Waals surface area (Å²) in [5.41, 5.74) is 1.29. The molecule has 1 rings (SSSR count). The van der Waals surface area contributed by atoms with Crippen molar-refractivity contribution in [3.63, 3.8) is 0 Å². The SMILES string of the molecule is C/C=C(\C)C(O[Si](C)(C)C(C)(C)C)C(C)/C=C/[C@H]1OC(C)(C)O[C@@H](/C=C/SC)[C@@H]1C. The van der Waals surface area contributed by atoms with Crippen LogP contribution in [0.5, 0.6) is 0 Å². The summed E-state index contributed by atoms with van der Waals surface area (Å²) in [6, 6.07) is 0.